The molecule has 0 aliphatic heterocycles. The number of pyridine rings is 1. The number of methoxy groups -OCH3 is 1. The van der Waals surface area contributed by atoms with Gasteiger partial charge in [-0.3, -0.25) is 9.59 Å². The first-order valence-electron chi connectivity index (χ1n) is 4.73. The lowest BCUT2D eigenvalue weighted by Crippen LogP contribution is -2.32. The summed E-state index contributed by atoms with van der Waals surface area (Å²) in [5, 5.41) is 2.58. The van der Waals surface area contributed by atoms with Crippen molar-refractivity contribution in [3.8, 4) is 0 Å². The first-order valence-corrected chi connectivity index (χ1v) is 5.52. The number of aromatic amines is 1. The molecule has 1 aromatic heterocycles. The van der Waals surface area contributed by atoms with Gasteiger partial charge >= 0.3 is 0 Å². The fraction of sp³-hybridized carbons (Fsp3) is 0.400. The van der Waals surface area contributed by atoms with Crippen molar-refractivity contribution in [2.24, 2.45) is 0 Å². The zero-order valence-electron chi connectivity index (χ0n) is 9.09. The van der Waals surface area contributed by atoms with Gasteiger partial charge in [0.15, 0.2) is 0 Å². The van der Waals surface area contributed by atoms with Crippen molar-refractivity contribution in [2.75, 3.05) is 20.3 Å². The van der Waals surface area contributed by atoms with Crippen molar-refractivity contribution in [3.63, 3.8) is 0 Å². The number of amides is 1. The van der Waals surface area contributed by atoms with E-state index in [0.717, 1.165) is 0 Å². The van der Waals surface area contributed by atoms with Gasteiger partial charge in [0.25, 0.3) is 11.5 Å². The van der Waals surface area contributed by atoms with E-state index < -0.39 is 11.5 Å². The Hall–Kier alpha value is -1.14. The van der Waals surface area contributed by atoms with Crippen LogP contribution in [0.15, 0.2) is 15.3 Å². The van der Waals surface area contributed by atoms with Gasteiger partial charge in [-0.25, -0.2) is 0 Å². The third-order valence-electron chi connectivity index (χ3n) is 2.01. The van der Waals surface area contributed by atoms with Gasteiger partial charge in [-0.2, -0.15) is 0 Å². The Balaban J connectivity index is 2.84. The summed E-state index contributed by atoms with van der Waals surface area (Å²) in [6.45, 7) is 2.54. The Morgan fingerprint density at radius 3 is 2.94 bits per heavy atom. The number of ether oxygens (including phenoxy) is 1. The van der Waals surface area contributed by atoms with E-state index >= 15 is 0 Å². The van der Waals surface area contributed by atoms with Gasteiger partial charge in [-0.05, 0) is 28.9 Å². The summed E-state index contributed by atoms with van der Waals surface area (Å²) >= 11 is 3.26. The van der Waals surface area contributed by atoms with E-state index in [1.807, 2.05) is 0 Å². The number of nitrogens with one attached hydrogen (secondary N) is 2. The van der Waals surface area contributed by atoms with Crippen LogP contribution in [0.3, 0.4) is 0 Å². The van der Waals surface area contributed by atoms with Crippen LogP contribution in [0, 0.1) is 6.92 Å². The SMILES string of the molecule is COCCNC(=O)c1cc(Br)c(C)[nH]c1=O. The van der Waals surface area contributed by atoms with E-state index in [2.05, 4.69) is 26.2 Å². The normalized spacial score (nSPS) is 10.2. The van der Waals surface area contributed by atoms with Crippen LogP contribution in [0.2, 0.25) is 0 Å². The van der Waals surface area contributed by atoms with Gasteiger partial charge in [0.1, 0.15) is 5.56 Å². The molecule has 0 aliphatic rings. The molecular formula is C10H13BrN2O3. The molecule has 0 saturated heterocycles. The molecule has 2 N–H and O–H groups in total. The summed E-state index contributed by atoms with van der Waals surface area (Å²) in [4.78, 5) is 25.7. The van der Waals surface area contributed by atoms with E-state index in [1.54, 1.807) is 14.0 Å². The van der Waals surface area contributed by atoms with Crippen LogP contribution in [-0.4, -0.2) is 31.2 Å². The van der Waals surface area contributed by atoms with E-state index in [9.17, 15) is 9.59 Å². The molecule has 1 rings (SSSR count). The predicted octanol–water partition coefficient (Wildman–Crippen LogP) is 0.822. The second-order valence-electron chi connectivity index (χ2n) is 3.23. The average molecular weight is 289 g/mol. The number of carbonyl (C=O) groups excluding carboxylic acids is 1. The Labute approximate surface area is 101 Å². The zero-order valence-corrected chi connectivity index (χ0v) is 10.7. The first kappa shape index (κ1) is 12.9. The molecule has 0 aliphatic carbocycles. The van der Waals surface area contributed by atoms with Crippen LogP contribution >= 0.6 is 15.9 Å². The quantitative estimate of drug-likeness (QED) is 0.806. The summed E-state index contributed by atoms with van der Waals surface area (Å²) in [6.07, 6.45) is 0. The molecule has 0 saturated carbocycles. The predicted molar refractivity (Wildman–Crippen MR) is 63.7 cm³/mol. The molecule has 6 heteroatoms. The highest BCUT2D eigenvalue weighted by molar-refractivity contribution is 9.10. The minimum absolute atomic E-state index is 0.0913. The third kappa shape index (κ3) is 3.18. The van der Waals surface area contributed by atoms with Gasteiger partial charge in [-0.15, -0.1) is 0 Å². The van der Waals surface area contributed by atoms with E-state index in [0.29, 0.717) is 23.3 Å². The molecule has 1 aromatic rings. The van der Waals surface area contributed by atoms with Gasteiger partial charge in [0.05, 0.1) is 6.61 Å². The molecule has 0 unspecified atom stereocenters. The van der Waals surface area contributed by atoms with Crippen LogP contribution in [0.1, 0.15) is 16.1 Å². The summed E-state index contributed by atoms with van der Waals surface area (Å²) in [5.41, 5.74) is 0.391. The molecule has 0 fully saturated rings. The maximum absolute atomic E-state index is 11.6. The number of aromatic nitrogens is 1. The standard InChI is InChI=1S/C10H13BrN2O3/c1-6-8(11)5-7(10(15)13-6)9(14)12-3-4-16-2/h5H,3-4H2,1-2H3,(H,12,14)(H,13,15). The Morgan fingerprint density at radius 1 is 1.62 bits per heavy atom. The summed E-state index contributed by atoms with van der Waals surface area (Å²) in [7, 11) is 1.54. The smallest absolute Gasteiger partial charge is 0.261 e. The highest BCUT2D eigenvalue weighted by atomic mass is 79.9. The molecule has 0 aromatic carbocycles. The molecule has 0 atom stereocenters. The van der Waals surface area contributed by atoms with Gasteiger partial charge in [-0.1, -0.05) is 0 Å². The molecule has 88 valence electrons. The minimum atomic E-state index is -0.404. The second kappa shape index (κ2) is 5.81. The third-order valence-corrected chi connectivity index (χ3v) is 2.83. The summed E-state index contributed by atoms with van der Waals surface area (Å²) in [5.74, 6) is -0.404. The Morgan fingerprint density at radius 2 is 2.31 bits per heavy atom. The Kier molecular flexibility index (Phi) is 4.70. The van der Waals surface area contributed by atoms with E-state index in [-0.39, 0.29) is 5.56 Å². The number of hydrogen-bond acceptors (Lipinski definition) is 3. The molecule has 0 bridgehead atoms. The number of H-pyrrole nitrogens is 1. The molecule has 0 spiro atoms. The van der Waals surface area contributed by atoms with Crippen LogP contribution in [-0.2, 0) is 4.74 Å². The van der Waals surface area contributed by atoms with Crippen LogP contribution in [0.5, 0.6) is 0 Å². The van der Waals surface area contributed by atoms with Crippen molar-refractivity contribution in [1.82, 2.24) is 10.3 Å². The molecular weight excluding hydrogens is 276 g/mol. The van der Waals surface area contributed by atoms with Crippen LogP contribution in [0.4, 0.5) is 0 Å². The van der Waals surface area contributed by atoms with Crippen molar-refractivity contribution in [1.29, 1.82) is 0 Å². The lowest BCUT2D eigenvalue weighted by Gasteiger charge is -2.05. The summed E-state index contributed by atoms with van der Waals surface area (Å²) < 4.78 is 5.49. The number of halogens is 1. The number of aryl methyl sites for hydroxylation is 1. The highest BCUT2D eigenvalue weighted by Gasteiger charge is 2.11. The van der Waals surface area contributed by atoms with Gasteiger partial charge in [0.2, 0.25) is 0 Å². The molecule has 1 amide bonds. The lowest BCUT2D eigenvalue weighted by molar-refractivity contribution is 0.0935. The molecule has 0 radical (unpaired) electrons. The monoisotopic (exact) mass is 288 g/mol. The topological polar surface area (TPSA) is 71.2 Å². The first-order chi connectivity index (χ1) is 7.56. The molecule has 16 heavy (non-hydrogen) atoms. The van der Waals surface area contributed by atoms with Crippen molar-refractivity contribution < 1.29 is 9.53 Å². The highest BCUT2D eigenvalue weighted by Crippen LogP contribution is 2.12. The number of rotatable bonds is 4. The maximum atomic E-state index is 11.6. The van der Waals surface area contributed by atoms with Gasteiger partial charge in [0, 0.05) is 23.8 Å². The van der Waals surface area contributed by atoms with Crippen LogP contribution < -0.4 is 10.9 Å². The van der Waals surface area contributed by atoms with Crippen molar-refractivity contribution >= 4 is 21.8 Å². The van der Waals surface area contributed by atoms with E-state index in [4.69, 9.17) is 4.74 Å². The fourth-order valence-electron chi connectivity index (χ4n) is 1.13. The summed E-state index contributed by atoms with van der Waals surface area (Å²) in [6, 6.07) is 1.51. The molecule has 1 heterocycles. The van der Waals surface area contributed by atoms with Crippen molar-refractivity contribution in [3.05, 3.63) is 32.2 Å². The second-order valence-corrected chi connectivity index (χ2v) is 4.09. The fourth-order valence-corrected chi connectivity index (χ4v) is 1.46. The van der Waals surface area contributed by atoms with Gasteiger partial charge < -0.3 is 15.0 Å². The van der Waals surface area contributed by atoms with Crippen molar-refractivity contribution in [2.45, 2.75) is 6.92 Å². The number of hydrogen-bond donors (Lipinski definition) is 2. The Bertz CT molecular complexity index is 442. The average Bonchev–Trinajstić information content (AvgIpc) is 2.23. The maximum Gasteiger partial charge on any atom is 0.261 e. The minimum Gasteiger partial charge on any atom is -0.383 e. The zero-order chi connectivity index (χ0) is 12.1. The molecule has 5 nitrogen and oxygen atoms in total. The van der Waals surface area contributed by atoms with E-state index in [1.165, 1.54) is 6.07 Å². The lowest BCUT2D eigenvalue weighted by atomic mass is 10.2. The largest absolute Gasteiger partial charge is 0.383 e. The number of carbonyl (C=O) groups is 1. The van der Waals surface area contributed by atoms with Crippen LogP contribution in [0.25, 0.3) is 0 Å².